The number of carbonyl (C=O) groups excluding carboxylic acids is 2. The fourth-order valence-electron chi connectivity index (χ4n) is 3.50. The third-order valence-corrected chi connectivity index (χ3v) is 5.46. The molecule has 3 N–H and O–H groups in total. The number of aliphatic hydroxyl groups is 2. The average molecular weight is 415 g/mol. The van der Waals surface area contributed by atoms with Crippen molar-refractivity contribution in [3.05, 3.63) is 0 Å². The number of ketones is 2. The predicted molar refractivity (Wildman–Crippen MR) is 114 cm³/mol. The zero-order valence-electron chi connectivity index (χ0n) is 18.5. The van der Waals surface area contributed by atoms with Crippen molar-refractivity contribution in [2.24, 2.45) is 0 Å². The van der Waals surface area contributed by atoms with Gasteiger partial charge < -0.3 is 15.3 Å². The summed E-state index contributed by atoms with van der Waals surface area (Å²) >= 11 is 0. The number of aliphatic hydroxyl groups excluding tert-OH is 1. The molecule has 0 rings (SSSR count). The van der Waals surface area contributed by atoms with Crippen LogP contribution in [0.15, 0.2) is 0 Å². The third-order valence-electron chi connectivity index (χ3n) is 5.46. The first-order chi connectivity index (χ1) is 13.8. The van der Waals surface area contributed by atoms with Gasteiger partial charge >= 0.3 is 5.97 Å². The van der Waals surface area contributed by atoms with E-state index in [1.165, 1.54) is 64.2 Å². The summed E-state index contributed by atoms with van der Waals surface area (Å²) in [6, 6.07) is 0. The molecule has 0 aliphatic heterocycles. The van der Waals surface area contributed by atoms with Gasteiger partial charge in [0.15, 0.2) is 5.78 Å². The Hall–Kier alpha value is -1.27. The van der Waals surface area contributed by atoms with Crippen molar-refractivity contribution in [2.45, 2.75) is 128 Å². The number of aliphatic carboxylic acids is 1. The smallest absolute Gasteiger partial charge is 0.351 e. The minimum Gasteiger partial charge on any atom is -0.478 e. The molecule has 0 saturated carbocycles. The SMILES string of the molecule is CCCCCCCCCCCCCCCCCC(=O)C(O)(C(=O)O)C(=O)C(C)O. The van der Waals surface area contributed by atoms with Crippen molar-refractivity contribution in [1.82, 2.24) is 0 Å². The van der Waals surface area contributed by atoms with Crippen LogP contribution in [0, 0.1) is 0 Å². The van der Waals surface area contributed by atoms with Gasteiger partial charge in [-0.15, -0.1) is 0 Å². The van der Waals surface area contributed by atoms with E-state index in [1.54, 1.807) is 0 Å². The first-order valence-electron chi connectivity index (χ1n) is 11.5. The molecule has 170 valence electrons. The first-order valence-corrected chi connectivity index (χ1v) is 11.5. The van der Waals surface area contributed by atoms with E-state index in [4.69, 9.17) is 5.11 Å². The maximum absolute atomic E-state index is 12.0. The standard InChI is InChI=1S/C23H42O6/c1-3-4-5-6-7-8-9-10-11-12-13-14-15-16-17-18-20(25)23(29,22(27)28)21(26)19(2)24/h19,24,29H,3-18H2,1-2H3,(H,27,28). The van der Waals surface area contributed by atoms with Crippen molar-refractivity contribution >= 4 is 17.5 Å². The van der Waals surface area contributed by atoms with Crippen LogP contribution in [-0.4, -0.2) is 44.6 Å². The van der Waals surface area contributed by atoms with Crippen molar-refractivity contribution in [1.29, 1.82) is 0 Å². The Morgan fingerprint density at radius 2 is 1.07 bits per heavy atom. The lowest BCUT2D eigenvalue weighted by Crippen LogP contribution is -2.56. The van der Waals surface area contributed by atoms with Gasteiger partial charge in [-0.3, -0.25) is 9.59 Å². The van der Waals surface area contributed by atoms with Crippen LogP contribution in [0.25, 0.3) is 0 Å². The van der Waals surface area contributed by atoms with Crippen LogP contribution in [0.5, 0.6) is 0 Å². The zero-order chi connectivity index (χ0) is 22.1. The molecule has 0 radical (unpaired) electrons. The highest BCUT2D eigenvalue weighted by atomic mass is 16.4. The van der Waals surface area contributed by atoms with E-state index in [-0.39, 0.29) is 6.42 Å². The van der Waals surface area contributed by atoms with E-state index in [0.717, 1.165) is 32.6 Å². The number of rotatable bonds is 20. The summed E-state index contributed by atoms with van der Waals surface area (Å²) in [4.78, 5) is 34.9. The number of carboxylic acids is 1. The fraction of sp³-hybridized carbons (Fsp3) is 0.870. The van der Waals surface area contributed by atoms with E-state index in [2.05, 4.69) is 6.92 Å². The van der Waals surface area contributed by atoms with Crippen molar-refractivity contribution in [3.63, 3.8) is 0 Å². The van der Waals surface area contributed by atoms with Gasteiger partial charge in [0, 0.05) is 6.42 Å². The Balaban J connectivity index is 3.71. The fourth-order valence-corrected chi connectivity index (χ4v) is 3.50. The molecular formula is C23H42O6. The maximum Gasteiger partial charge on any atom is 0.351 e. The highest BCUT2D eigenvalue weighted by Crippen LogP contribution is 2.18. The number of carbonyl (C=O) groups is 3. The topological polar surface area (TPSA) is 112 Å². The maximum atomic E-state index is 12.0. The highest BCUT2D eigenvalue weighted by Gasteiger charge is 2.51. The molecule has 0 aliphatic carbocycles. The summed E-state index contributed by atoms with van der Waals surface area (Å²) in [5, 5.41) is 28.2. The van der Waals surface area contributed by atoms with E-state index in [1.807, 2.05) is 0 Å². The molecule has 0 fully saturated rings. The molecule has 0 amide bonds. The predicted octanol–water partition coefficient (Wildman–Crippen LogP) is 4.58. The Labute approximate surface area is 176 Å². The van der Waals surface area contributed by atoms with Crippen LogP contribution in [-0.2, 0) is 14.4 Å². The molecule has 6 heteroatoms. The molecule has 0 spiro atoms. The number of Topliss-reactive ketones (excluding diaryl/α,β-unsaturated/α-hetero) is 2. The van der Waals surface area contributed by atoms with Crippen LogP contribution in [0.4, 0.5) is 0 Å². The van der Waals surface area contributed by atoms with Gasteiger partial charge in [-0.25, -0.2) is 4.79 Å². The number of hydrogen-bond donors (Lipinski definition) is 3. The molecule has 0 aromatic rings. The van der Waals surface area contributed by atoms with Gasteiger partial charge in [0.1, 0.15) is 6.10 Å². The van der Waals surface area contributed by atoms with E-state index in [9.17, 15) is 24.6 Å². The second-order valence-electron chi connectivity index (χ2n) is 8.18. The van der Waals surface area contributed by atoms with Crippen molar-refractivity contribution < 1.29 is 29.7 Å². The molecule has 0 bridgehead atoms. The monoisotopic (exact) mass is 414 g/mol. The van der Waals surface area contributed by atoms with Crippen LogP contribution >= 0.6 is 0 Å². The van der Waals surface area contributed by atoms with Gasteiger partial charge in [0.05, 0.1) is 0 Å². The van der Waals surface area contributed by atoms with Crippen molar-refractivity contribution in [2.75, 3.05) is 0 Å². The summed E-state index contributed by atoms with van der Waals surface area (Å²) in [5.41, 5.74) is -3.13. The molecular weight excluding hydrogens is 372 g/mol. The summed E-state index contributed by atoms with van der Waals surface area (Å²) < 4.78 is 0. The quantitative estimate of drug-likeness (QED) is 0.198. The van der Waals surface area contributed by atoms with Gasteiger partial charge in [-0.1, -0.05) is 96.8 Å². The molecule has 0 saturated heterocycles. The lowest BCUT2D eigenvalue weighted by atomic mass is 9.87. The van der Waals surface area contributed by atoms with Crippen LogP contribution in [0.1, 0.15) is 117 Å². The number of unbranched alkanes of at least 4 members (excludes halogenated alkanes) is 14. The van der Waals surface area contributed by atoms with Crippen LogP contribution in [0.2, 0.25) is 0 Å². The highest BCUT2D eigenvalue weighted by molar-refractivity contribution is 6.26. The second-order valence-corrected chi connectivity index (χ2v) is 8.18. The second kappa shape index (κ2) is 16.5. The lowest BCUT2D eigenvalue weighted by Gasteiger charge is -2.21. The van der Waals surface area contributed by atoms with Crippen LogP contribution in [0.3, 0.4) is 0 Å². The van der Waals surface area contributed by atoms with Gasteiger partial charge in [-0.2, -0.15) is 0 Å². The Bertz CT molecular complexity index is 474. The molecule has 0 aliphatic rings. The molecule has 0 heterocycles. The van der Waals surface area contributed by atoms with E-state index in [0.29, 0.717) is 6.42 Å². The Kier molecular flexibility index (Phi) is 15.8. The zero-order valence-corrected chi connectivity index (χ0v) is 18.5. The normalized spacial score (nSPS) is 14.3. The Morgan fingerprint density at radius 1 is 0.724 bits per heavy atom. The molecule has 0 aromatic heterocycles. The molecule has 2 unspecified atom stereocenters. The third kappa shape index (κ3) is 11.5. The summed E-state index contributed by atoms with van der Waals surface area (Å²) in [7, 11) is 0. The summed E-state index contributed by atoms with van der Waals surface area (Å²) in [6.07, 6.45) is 15.7. The molecule has 29 heavy (non-hydrogen) atoms. The molecule has 2 atom stereocenters. The Morgan fingerprint density at radius 3 is 1.38 bits per heavy atom. The molecule has 0 aromatic carbocycles. The minimum absolute atomic E-state index is 0.181. The summed E-state index contributed by atoms with van der Waals surface area (Å²) in [6.45, 7) is 3.28. The van der Waals surface area contributed by atoms with Crippen LogP contribution < -0.4 is 0 Å². The van der Waals surface area contributed by atoms with Gasteiger partial charge in [0.25, 0.3) is 5.60 Å². The van der Waals surface area contributed by atoms with E-state index >= 15 is 0 Å². The van der Waals surface area contributed by atoms with Crippen molar-refractivity contribution in [3.8, 4) is 0 Å². The number of hydrogen-bond acceptors (Lipinski definition) is 5. The largest absolute Gasteiger partial charge is 0.478 e. The van der Waals surface area contributed by atoms with E-state index < -0.39 is 29.2 Å². The number of carboxylic acid groups (broad SMARTS) is 1. The lowest BCUT2D eigenvalue weighted by molar-refractivity contribution is -0.173. The summed E-state index contributed by atoms with van der Waals surface area (Å²) in [5.74, 6) is -4.35. The first kappa shape index (κ1) is 27.7. The van der Waals surface area contributed by atoms with Gasteiger partial charge in [-0.05, 0) is 13.3 Å². The van der Waals surface area contributed by atoms with Gasteiger partial charge in [0.2, 0.25) is 5.78 Å². The molecule has 6 nitrogen and oxygen atoms in total. The average Bonchev–Trinajstić information content (AvgIpc) is 2.69. The minimum atomic E-state index is -3.13.